The summed E-state index contributed by atoms with van der Waals surface area (Å²) in [5.41, 5.74) is -1.07. The van der Waals surface area contributed by atoms with Gasteiger partial charge in [0.1, 0.15) is 11.4 Å². The highest BCUT2D eigenvalue weighted by molar-refractivity contribution is 6.30. The molecule has 1 heterocycles. The molecule has 0 atom stereocenters. The van der Waals surface area contributed by atoms with Crippen LogP contribution in [0.25, 0.3) is 11.4 Å². The standard InChI is InChI=1S/C18H11ClF3N3O2/c19-12-5-1-10(2-6-12)15-23-9-14(17(27)25-15)16(26)24-13-7-3-11(4-8-13)18(20,21)22/h1-9H,(H,24,26)(H,23,25,27). The van der Waals surface area contributed by atoms with Crippen LogP contribution in [-0.4, -0.2) is 15.9 Å². The first-order valence-corrected chi connectivity index (χ1v) is 7.96. The molecule has 1 amide bonds. The van der Waals surface area contributed by atoms with Gasteiger partial charge in [0.25, 0.3) is 11.5 Å². The number of anilines is 1. The number of carbonyl (C=O) groups excluding carboxylic acids is 1. The maximum Gasteiger partial charge on any atom is 0.416 e. The van der Waals surface area contributed by atoms with E-state index >= 15 is 0 Å². The third kappa shape index (κ3) is 4.35. The fourth-order valence-electron chi connectivity index (χ4n) is 2.25. The van der Waals surface area contributed by atoms with Crippen LogP contribution >= 0.6 is 11.6 Å². The molecular formula is C18H11ClF3N3O2. The highest BCUT2D eigenvalue weighted by atomic mass is 35.5. The zero-order valence-electron chi connectivity index (χ0n) is 13.5. The molecule has 3 aromatic rings. The largest absolute Gasteiger partial charge is 0.416 e. The molecule has 27 heavy (non-hydrogen) atoms. The molecule has 2 aromatic carbocycles. The lowest BCUT2D eigenvalue weighted by atomic mass is 10.2. The first-order chi connectivity index (χ1) is 12.7. The third-order valence-corrected chi connectivity index (χ3v) is 3.88. The van der Waals surface area contributed by atoms with Crippen molar-refractivity contribution < 1.29 is 18.0 Å². The van der Waals surface area contributed by atoms with Gasteiger partial charge in [0.2, 0.25) is 0 Å². The molecule has 0 radical (unpaired) electrons. The van der Waals surface area contributed by atoms with Crippen LogP contribution in [0.1, 0.15) is 15.9 Å². The van der Waals surface area contributed by atoms with E-state index in [0.29, 0.717) is 10.6 Å². The molecule has 0 spiro atoms. The molecule has 0 unspecified atom stereocenters. The van der Waals surface area contributed by atoms with Crippen molar-refractivity contribution in [3.63, 3.8) is 0 Å². The zero-order valence-corrected chi connectivity index (χ0v) is 14.2. The summed E-state index contributed by atoms with van der Waals surface area (Å²) in [6.07, 6.45) is -3.37. The Morgan fingerprint density at radius 3 is 2.22 bits per heavy atom. The van der Waals surface area contributed by atoms with Crippen molar-refractivity contribution in [2.75, 3.05) is 5.32 Å². The Labute approximate surface area is 155 Å². The number of aromatic amines is 1. The van der Waals surface area contributed by atoms with E-state index in [1.54, 1.807) is 24.3 Å². The van der Waals surface area contributed by atoms with E-state index in [0.717, 1.165) is 30.5 Å². The fraction of sp³-hybridized carbons (Fsp3) is 0.0556. The Kier molecular flexibility index (Phi) is 5.00. The number of hydrogen-bond donors (Lipinski definition) is 2. The van der Waals surface area contributed by atoms with Crippen molar-refractivity contribution in [1.82, 2.24) is 9.97 Å². The molecule has 138 valence electrons. The molecule has 0 saturated carbocycles. The van der Waals surface area contributed by atoms with Crippen LogP contribution in [-0.2, 0) is 6.18 Å². The van der Waals surface area contributed by atoms with Gasteiger partial charge in [0.15, 0.2) is 0 Å². The second-order valence-corrected chi connectivity index (χ2v) is 5.95. The van der Waals surface area contributed by atoms with Gasteiger partial charge < -0.3 is 10.3 Å². The summed E-state index contributed by atoms with van der Waals surface area (Å²) in [6, 6.07) is 10.4. The summed E-state index contributed by atoms with van der Waals surface area (Å²) < 4.78 is 37.7. The van der Waals surface area contributed by atoms with Crippen molar-refractivity contribution in [3.05, 3.63) is 81.2 Å². The van der Waals surface area contributed by atoms with Gasteiger partial charge in [-0.2, -0.15) is 13.2 Å². The van der Waals surface area contributed by atoms with Gasteiger partial charge >= 0.3 is 6.18 Å². The molecule has 2 N–H and O–H groups in total. The minimum atomic E-state index is -4.47. The highest BCUT2D eigenvalue weighted by Crippen LogP contribution is 2.29. The Morgan fingerprint density at radius 1 is 1.04 bits per heavy atom. The summed E-state index contributed by atoms with van der Waals surface area (Å²) in [4.78, 5) is 30.9. The van der Waals surface area contributed by atoms with E-state index in [1.807, 2.05) is 0 Å². The number of H-pyrrole nitrogens is 1. The summed E-state index contributed by atoms with van der Waals surface area (Å²) in [6.45, 7) is 0. The maximum absolute atomic E-state index is 12.6. The number of hydrogen-bond acceptors (Lipinski definition) is 3. The average Bonchev–Trinajstić information content (AvgIpc) is 2.62. The van der Waals surface area contributed by atoms with Crippen LogP contribution in [0.15, 0.2) is 59.5 Å². The van der Waals surface area contributed by atoms with Gasteiger partial charge in [0, 0.05) is 22.5 Å². The Bertz CT molecular complexity index is 1030. The van der Waals surface area contributed by atoms with E-state index in [1.165, 1.54) is 0 Å². The number of halogens is 4. The van der Waals surface area contributed by atoms with E-state index in [9.17, 15) is 22.8 Å². The van der Waals surface area contributed by atoms with Gasteiger partial charge in [-0.3, -0.25) is 9.59 Å². The number of rotatable bonds is 3. The normalized spacial score (nSPS) is 11.3. The number of carbonyl (C=O) groups is 1. The summed E-state index contributed by atoms with van der Waals surface area (Å²) in [7, 11) is 0. The van der Waals surface area contributed by atoms with Crippen LogP contribution in [0.4, 0.5) is 18.9 Å². The van der Waals surface area contributed by atoms with Crippen LogP contribution in [0, 0.1) is 0 Å². The third-order valence-electron chi connectivity index (χ3n) is 3.63. The van der Waals surface area contributed by atoms with Crippen LogP contribution in [0.2, 0.25) is 5.02 Å². The Balaban J connectivity index is 1.79. The first-order valence-electron chi connectivity index (χ1n) is 7.58. The number of nitrogens with one attached hydrogen (secondary N) is 2. The zero-order chi connectivity index (χ0) is 19.6. The van der Waals surface area contributed by atoms with Crippen LogP contribution < -0.4 is 10.9 Å². The number of benzene rings is 2. The highest BCUT2D eigenvalue weighted by Gasteiger charge is 2.30. The van der Waals surface area contributed by atoms with E-state index in [4.69, 9.17) is 11.6 Å². The van der Waals surface area contributed by atoms with Crippen molar-refractivity contribution in [1.29, 1.82) is 0 Å². The van der Waals surface area contributed by atoms with Gasteiger partial charge in [0.05, 0.1) is 5.56 Å². The second kappa shape index (κ2) is 7.24. The second-order valence-electron chi connectivity index (χ2n) is 5.51. The molecule has 0 saturated heterocycles. The summed E-state index contributed by atoms with van der Waals surface area (Å²) in [5.74, 6) is -0.533. The monoisotopic (exact) mass is 393 g/mol. The lowest BCUT2D eigenvalue weighted by molar-refractivity contribution is -0.137. The maximum atomic E-state index is 12.6. The Morgan fingerprint density at radius 2 is 1.67 bits per heavy atom. The van der Waals surface area contributed by atoms with E-state index < -0.39 is 23.2 Å². The van der Waals surface area contributed by atoms with E-state index in [2.05, 4.69) is 15.3 Å². The predicted octanol–water partition coefficient (Wildman–Crippen LogP) is 4.36. The molecule has 0 aliphatic rings. The number of nitrogens with zero attached hydrogens (tertiary/aromatic N) is 1. The summed E-state index contributed by atoms with van der Waals surface area (Å²) in [5, 5.41) is 2.88. The molecule has 1 aromatic heterocycles. The Hall–Kier alpha value is -3.13. The van der Waals surface area contributed by atoms with Gasteiger partial charge in [-0.25, -0.2) is 4.98 Å². The quantitative estimate of drug-likeness (QED) is 0.694. The molecule has 0 bridgehead atoms. The lowest BCUT2D eigenvalue weighted by Crippen LogP contribution is -2.24. The number of amides is 1. The average molecular weight is 394 g/mol. The predicted molar refractivity (Wildman–Crippen MR) is 94.7 cm³/mol. The molecule has 3 rings (SSSR count). The van der Waals surface area contributed by atoms with Gasteiger partial charge in [-0.05, 0) is 48.5 Å². The van der Waals surface area contributed by atoms with Crippen molar-refractivity contribution in [3.8, 4) is 11.4 Å². The van der Waals surface area contributed by atoms with Gasteiger partial charge in [-0.15, -0.1) is 0 Å². The van der Waals surface area contributed by atoms with Crippen molar-refractivity contribution >= 4 is 23.2 Å². The van der Waals surface area contributed by atoms with Crippen molar-refractivity contribution in [2.24, 2.45) is 0 Å². The van der Waals surface area contributed by atoms with Crippen molar-refractivity contribution in [2.45, 2.75) is 6.18 Å². The molecule has 9 heteroatoms. The van der Waals surface area contributed by atoms with Crippen LogP contribution in [0.3, 0.4) is 0 Å². The number of aromatic nitrogens is 2. The summed E-state index contributed by atoms with van der Waals surface area (Å²) >= 11 is 5.80. The lowest BCUT2D eigenvalue weighted by Gasteiger charge is -2.09. The fourth-order valence-corrected chi connectivity index (χ4v) is 2.38. The SMILES string of the molecule is O=C(Nc1ccc(C(F)(F)F)cc1)c1cnc(-c2ccc(Cl)cc2)[nH]c1=O. The molecule has 0 aliphatic carbocycles. The number of alkyl halides is 3. The van der Waals surface area contributed by atoms with E-state index in [-0.39, 0.29) is 17.1 Å². The minimum absolute atomic E-state index is 0.120. The van der Waals surface area contributed by atoms with Gasteiger partial charge in [-0.1, -0.05) is 11.6 Å². The topological polar surface area (TPSA) is 74.8 Å². The molecule has 0 aliphatic heterocycles. The molecule has 0 fully saturated rings. The molecular weight excluding hydrogens is 383 g/mol. The molecule has 5 nitrogen and oxygen atoms in total. The van der Waals surface area contributed by atoms with Crippen LogP contribution in [0.5, 0.6) is 0 Å². The smallest absolute Gasteiger partial charge is 0.322 e. The first kappa shape index (κ1) is 18.7. The minimum Gasteiger partial charge on any atom is -0.322 e.